The second-order valence-corrected chi connectivity index (χ2v) is 4.83. The molecule has 1 aromatic heterocycles. The summed E-state index contributed by atoms with van der Waals surface area (Å²) in [7, 11) is 3.10. The van der Waals surface area contributed by atoms with E-state index in [1.165, 1.54) is 7.11 Å². The average molecular weight is 365 g/mol. The number of aromatic nitrogens is 3. The van der Waals surface area contributed by atoms with E-state index in [9.17, 15) is 0 Å². The van der Waals surface area contributed by atoms with E-state index in [0.29, 0.717) is 27.4 Å². The van der Waals surface area contributed by atoms with Gasteiger partial charge in [-0.25, -0.2) is 0 Å². The number of methoxy groups -OCH3 is 2. The molecule has 2 aromatic rings. The van der Waals surface area contributed by atoms with Crippen LogP contribution in [0.4, 0.5) is 0 Å². The molecule has 19 heavy (non-hydrogen) atoms. The molecular formula is C11H8BrCl2N3O2. The number of nitrogens with zero attached hydrogens (tertiary/aromatic N) is 3. The topological polar surface area (TPSA) is 57.1 Å². The molecule has 0 aliphatic rings. The predicted molar refractivity (Wildman–Crippen MR) is 76.1 cm³/mol. The second kappa shape index (κ2) is 5.90. The SMILES string of the molecule is COc1ccc(-c2nc(Cl)nc(Cl)n2)c(OC)c1Br. The molecule has 0 amide bonds. The molecule has 0 saturated carbocycles. The molecule has 8 heteroatoms. The summed E-state index contributed by atoms with van der Waals surface area (Å²) >= 11 is 14.9. The second-order valence-electron chi connectivity index (χ2n) is 3.36. The highest BCUT2D eigenvalue weighted by molar-refractivity contribution is 9.10. The highest BCUT2D eigenvalue weighted by Crippen LogP contribution is 2.41. The van der Waals surface area contributed by atoms with Crippen LogP contribution in [0, 0.1) is 0 Å². The summed E-state index contributed by atoms with van der Waals surface area (Å²) in [5, 5.41) is 0.0352. The Labute approximate surface area is 128 Å². The lowest BCUT2D eigenvalue weighted by atomic mass is 10.2. The average Bonchev–Trinajstić information content (AvgIpc) is 2.37. The van der Waals surface area contributed by atoms with Gasteiger partial charge in [0, 0.05) is 0 Å². The zero-order valence-electron chi connectivity index (χ0n) is 9.95. The fourth-order valence-electron chi connectivity index (χ4n) is 1.52. The Hall–Kier alpha value is -1.11. The number of halogens is 3. The molecule has 1 aromatic carbocycles. The van der Waals surface area contributed by atoms with E-state index in [-0.39, 0.29) is 10.6 Å². The van der Waals surface area contributed by atoms with Gasteiger partial charge in [0.15, 0.2) is 5.82 Å². The van der Waals surface area contributed by atoms with Crippen molar-refractivity contribution in [2.24, 2.45) is 0 Å². The zero-order valence-corrected chi connectivity index (χ0v) is 13.0. The van der Waals surface area contributed by atoms with Crippen LogP contribution < -0.4 is 9.47 Å². The largest absolute Gasteiger partial charge is 0.495 e. The van der Waals surface area contributed by atoms with E-state index < -0.39 is 0 Å². The van der Waals surface area contributed by atoms with Crippen molar-refractivity contribution in [2.45, 2.75) is 0 Å². The lowest BCUT2D eigenvalue weighted by Crippen LogP contribution is -1.98. The third kappa shape index (κ3) is 2.91. The number of benzene rings is 1. The number of hydrogen-bond donors (Lipinski definition) is 0. The van der Waals surface area contributed by atoms with Crippen molar-refractivity contribution >= 4 is 39.1 Å². The molecule has 0 bridgehead atoms. The van der Waals surface area contributed by atoms with Gasteiger partial charge in [-0.3, -0.25) is 0 Å². The Kier molecular flexibility index (Phi) is 4.44. The first-order valence-electron chi connectivity index (χ1n) is 5.04. The van der Waals surface area contributed by atoms with Crippen LogP contribution in [-0.2, 0) is 0 Å². The Morgan fingerprint density at radius 2 is 1.63 bits per heavy atom. The molecule has 0 N–H and O–H groups in total. The van der Waals surface area contributed by atoms with Crippen molar-refractivity contribution in [3.8, 4) is 22.9 Å². The number of hydrogen-bond acceptors (Lipinski definition) is 5. The smallest absolute Gasteiger partial charge is 0.227 e. The lowest BCUT2D eigenvalue weighted by molar-refractivity contribution is 0.390. The van der Waals surface area contributed by atoms with Gasteiger partial charge >= 0.3 is 0 Å². The maximum absolute atomic E-state index is 5.77. The van der Waals surface area contributed by atoms with E-state index in [2.05, 4.69) is 30.9 Å². The molecule has 0 spiro atoms. The third-order valence-electron chi connectivity index (χ3n) is 2.31. The normalized spacial score (nSPS) is 10.4. The molecule has 100 valence electrons. The van der Waals surface area contributed by atoms with Crippen molar-refractivity contribution in [1.82, 2.24) is 15.0 Å². The summed E-state index contributed by atoms with van der Waals surface area (Å²) in [6, 6.07) is 3.51. The van der Waals surface area contributed by atoms with Crippen molar-refractivity contribution in [2.75, 3.05) is 14.2 Å². The molecular weight excluding hydrogens is 357 g/mol. The van der Waals surface area contributed by atoms with Crippen LogP contribution in [0.1, 0.15) is 0 Å². The Morgan fingerprint density at radius 3 is 2.16 bits per heavy atom. The minimum absolute atomic E-state index is 0.0176. The maximum atomic E-state index is 5.77. The van der Waals surface area contributed by atoms with Gasteiger partial charge in [-0.1, -0.05) is 0 Å². The van der Waals surface area contributed by atoms with E-state index >= 15 is 0 Å². The van der Waals surface area contributed by atoms with Gasteiger partial charge in [0.2, 0.25) is 10.6 Å². The van der Waals surface area contributed by atoms with Gasteiger partial charge in [-0.2, -0.15) is 15.0 Å². The third-order valence-corrected chi connectivity index (χ3v) is 3.40. The summed E-state index contributed by atoms with van der Waals surface area (Å²) in [4.78, 5) is 11.8. The van der Waals surface area contributed by atoms with Crippen molar-refractivity contribution in [1.29, 1.82) is 0 Å². The van der Waals surface area contributed by atoms with E-state index in [4.69, 9.17) is 32.7 Å². The van der Waals surface area contributed by atoms with Crippen molar-refractivity contribution in [3.05, 3.63) is 27.2 Å². The van der Waals surface area contributed by atoms with Crippen LogP contribution in [0.25, 0.3) is 11.4 Å². The molecule has 2 rings (SSSR count). The first kappa shape index (κ1) is 14.3. The minimum Gasteiger partial charge on any atom is -0.495 e. The summed E-state index contributed by atoms with van der Waals surface area (Å²) < 4.78 is 11.2. The van der Waals surface area contributed by atoms with Gasteiger partial charge in [0.1, 0.15) is 16.0 Å². The molecule has 0 atom stereocenters. The molecule has 0 fully saturated rings. The first-order valence-corrected chi connectivity index (χ1v) is 6.59. The quantitative estimate of drug-likeness (QED) is 0.832. The number of ether oxygens (including phenoxy) is 2. The van der Waals surface area contributed by atoms with Crippen LogP contribution in [-0.4, -0.2) is 29.2 Å². The Balaban J connectivity index is 2.65. The molecule has 0 aliphatic heterocycles. The summed E-state index contributed by atoms with van der Waals surface area (Å²) in [6.45, 7) is 0. The highest BCUT2D eigenvalue weighted by atomic mass is 79.9. The van der Waals surface area contributed by atoms with Crippen LogP contribution >= 0.6 is 39.1 Å². The molecule has 0 radical (unpaired) electrons. The van der Waals surface area contributed by atoms with Crippen LogP contribution in [0.15, 0.2) is 16.6 Å². The standard InChI is InChI=1S/C11H8BrCl2N3O2/c1-18-6-4-3-5(8(19-2)7(6)12)9-15-10(13)17-11(14)16-9/h3-4H,1-2H3. The monoisotopic (exact) mass is 363 g/mol. The van der Waals surface area contributed by atoms with Crippen molar-refractivity contribution < 1.29 is 9.47 Å². The van der Waals surface area contributed by atoms with E-state index in [1.807, 2.05) is 0 Å². The first-order chi connectivity index (χ1) is 9.06. The summed E-state index contributed by atoms with van der Waals surface area (Å²) in [6.07, 6.45) is 0. The maximum Gasteiger partial charge on any atom is 0.227 e. The molecule has 0 unspecified atom stereocenters. The van der Waals surface area contributed by atoms with Crippen LogP contribution in [0.2, 0.25) is 10.6 Å². The van der Waals surface area contributed by atoms with E-state index in [1.54, 1.807) is 19.2 Å². The summed E-state index contributed by atoms with van der Waals surface area (Å²) in [5.41, 5.74) is 0.626. The minimum atomic E-state index is 0.0176. The molecule has 0 aliphatic carbocycles. The lowest BCUT2D eigenvalue weighted by Gasteiger charge is -2.12. The van der Waals surface area contributed by atoms with Crippen LogP contribution in [0.5, 0.6) is 11.5 Å². The molecule has 5 nitrogen and oxygen atoms in total. The van der Waals surface area contributed by atoms with Gasteiger partial charge in [-0.15, -0.1) is 0 Å². The van der Waals surface area contributed by atoms with Crippen LogP contribution in [0.3, 0.4) is 0 Å². The number of rotatable bonds is 3. The highest BCUT2D eigenvalue weighted by Gasteiger charge is 2.17. The van der Waals surface area contributed by atoms with Crippen molar-refractivity contribution in [3.63, 3.8) is 0 Å². The van der Waals surface area contributed by atoms with Gasteiger partial charge in [0.25, 0.3) is 0 Å². The fraction of sp³-hybridized carbons (Fsp3) is 0.182. The van der Waals surface area contributed by atoms with Gasteiger partial charge < -0.3 is 9.47 Å². The zero-order chi connectivity index (χ0) is 14.0. The summed E-state index contributed by atoms with van der Waals surface area (Å²) in [5.74, 6) is 1.48. The van der Waals surface area contributed by atoms with Gasteiger partial charge in [-0.05, 0) is 51.3 Å². The fourth-order valence-corrected chi connectivity index (χ4v) is 2.55. The Bertz CT molecular complexity index is 605. The Morgan fingerprint density at radius 1 is 1.00 bits per heavy atom. The predicted octanol–water partition coefficient (Wildman–Crippen LogP) is 3.63. The van der Waals surface area contributed by atoms with E-state index in [0.717, 1.165) is 0 Å². The molecule has 1 heterocycles. The van der Waals surface area contributed by atoms with Gasteiger partial charge in [0.05, 0.1) is 19.8 Å². The molecule has 0 saturated heterocycles.